The maximum atomic E-state index is 8.66. The van der Waals surface area contributed by atoms with Crippen LogP contribution in [0.15, 0.2) is 0 Å². The molecule has 6 N–H and O–H groups in total. The van der Waals surface area contributed by atoms with Gasteiger partial charge in [-0.15, -0.1) is 0 Å². The molecule has 0 rings (SSSR count). The van der Waals surface area contributed by atoms with Gasteiger partial charge in [0, 0.05) is 31.8 Å². The van der Waals surface area contributed by atoms with E-state index >= 15 is 0 Å². The minimum Gasteiger partial charge on any atom is -0.396 e. The average molecular weight is 175 g/mol. The number of hydrogen-bond acceptors (Lipinski definition) is 4. The summed E-state index contributed by atoms with van der Waals surface area (Å²) in [6, 6.07) is 0.394. The molecule has 2 unspecified atom stereocenters. The van der Waals surface area contributed by atoms with Gasteiger partial charge in [-0.1, -0.05) is 6.92 Å². The highest BCUT2D eigenvalue weighted by Crippen LogP contribution is 1.89. The molecule has 0 aliphatic carbocycles. The Morgan fingerprint density at radius 1 is 1.50 bits per heavy atom. The van der Waals surface area contributed by atoms with Crippen LogP contribution in [0.4, 0.5) is 0 Å². The van der Waals surface area contributed by atoms with E-state index in [9.17, 15) is 0 Å². The normalized spacial score (nSPS) is 16.0. The largest absolute Gasteiger partial charge is 0.396 e. The van der Waals surface area contributed by atoms with E-state index in [0.717, 1.165) is 13.0 Å². The lowest BCUT2D eigenvalue weighted by Gasteiger charge is -2.18. The molecule has 0 bridgehead atoms. The number of nitrogens with two attached hydrogens (primary N) is 2. The van der Waals surface area contributed by atoms with Crippen LogP contribution in [0.2, 0.25) is 0 Å². The van der Waals surface area contributed by atoms with Crippen molar-refractivity contribution in [2.24, 2.45) is 11.5 Å². The van der Waals surface area contributed by atoms with Crippen LogP contribution in [-0.4, -0.2) is 36.9 Å². The molecule has 12 heavy (non-hydrogen) atoms. The van der Waals surface area contributed by atoms with Gasteiger partial charge in [0.2, 0.25) is 0 Å². The predicted molar refractivity (Wildman–Crippen MR) is 50.8 cm³/mol. The lowest BCUT2D eigenvalue weighted by atomic mass is 10.2. The quantitative estimate of drug-likeness (QED) is 0.401. The van der Waals surface area contributed by atoms with Gasteiger partial charge in [-0.3, -0.25) is 0 Å². The van der Waals surface area contributed by atoms with Crippen molar-refractivity contribution in [1.82, 2.24) is 5.32 Å². The first-order valence-corrected chi connectivity index (χ1v) is 4.54. The Morgan fingerprint density at radius 2 is 2.17 bits per heavy atom. The highest BCUT2D eigenvalue weighted by Gasteiger charge is 2.06. The molecule has 0 aromatic carbocycles. The molecule has 4 nitrogen and oxygen atoms in total. The van der Waals surface area contributed by atoms with Crippen molar-refractivity contribution in [3.05, 3.63) is 0 Å². The van der Waals surface area contributed by atoms with Crippen molar-refractivity contribution < 1.29 is 5.11 Å². The summed E-state index contributed by atoms with van der Waals surface area (Å²) in [7, 11) is 0. The van der Waals surface area contributed by atoms with E-state index in [1.807, 2.05) is 0 Å². The summed E-state index contributed by atoms with van der Waals surface area (Å²) >= 11 is 0. The van der Waals surface area contributed by atoms with E-state index < -0.39 is 0 Å². The van der Waals surface area contributed by atoms with Crippen LogP contribution in [-0.2, 0) is 0 Å². The first-order chi connectivity index (χ1) is 5.74. The minimum atomic E-state index is 0.177. The Balaban J connectivity index is 3.43. The molecular weight excluding hydrogens is 154 g/mol. The van der Waals surface area contributed by atoms with Crippen LogP contribution in [0.3, 0.4) is 0 Å². The summed E-state index contributed by atoms with van der Waals surface area (Å²) in [4.78, 5) is 0. The van der Waals surface area contributed by atoms with Crippen LogP contribution in [0, 0.1) is 0 Å². The molecule has 0 amide bonds. The topological polar surface area (TPSA) is 84.3 Å². The minimum absolute atomic E-state index is 0.177. The van der Waals surface area contributed by atoms with Crippen molar-refractivity contribution in [3.63, 3.8) is 0 Å². The van der Waals surface area contributed by atoms with Gasteiger partial charge < -0.3 is 21.9 Å². The van der Waals surface area contributed by atoms with Crippen LogP contribution >= 0.6 is 0 Å². The molecule has 0 aliphatic rings. The second kappa shape index (κ2) is 7.49. The standard InChI is InChI=1S/C8H21N3O/c1-2-7(10)6-11-8(5-9)3-4-12/h7-8,11-12H,2-6,9-10H2,1H3. The van der Waals surface area contributed by atoms with Gasteiger partial charge in [-0.25, -0.2) is 0 Å². The Bertz CT molecular complexity index is 100. The van der Waals surface area contributed by atoms with Crippen LogP contribution < -0.4 is 16.8 Å². The van der Waals surface area contributed by atoms with Crippen molar-refractivity contribution in [2.75, 3.05) is 19.7 Å². The second-order valence-corrected chi connectivity index (χ2v) is 3.02. The Kier molecular flexibility index (Phi) is 7.39. The van der Waals surface area contributed by atoms with Gasteiger partial charge in [0.1, 0.15) is 0 Å². The third-order valence-electron chi connectivity index (χ3n) is 1.96. The fraction of sp³-hybridized carbons (Fsp3) is 1.00. The zero-order valence-electron chi connectivity index (χ0n) is 7.79. The Morgan fingerprint density at radius 3 is 2.58 bits per heavy atom. The molecule has 0 spiro atoms. The van der Waals surface area contributed by atoms with Crippen LogP contribution in [0.25, 0.3) is 0 Å². The van der Waals surface area contributed by atoms with Crippen molar-refractivity contribution in [3.8, 4) is 0 Å². The molecule has 4 heteroatoms. The molecule has 0 heterocycles. The molecule has 0 radical (unpaired) electrons. The smallest absolute Gasteiger partial charge is 0.0446 e. The molecule has 0 fully saturated rings. The molecule has 0 aliphatic heterocycles. The first-order valence-electron chi connectivity index (χ1n) is 4.54. The van der Waals surface area contributed by atoms with E-state index in [2.05, 4.69) is 12.2 Å². The van der Waals surface area contributed by atoms with Gasteiger partial charge >= 0.3 is 0 Å². The first kappa shape index (κ1) is 11.8. The molecule has 74 valence electrons. The van der Waals surface area contributed by atoms with Gasteiger partial charge in [-0.05, 0) is 12.8 Å². The number of nitrogens with one attached hydrogen (secondary N) is 1. The van der Waals surface area contributed by atoms with Crippen LogP contribution in [0.5, 0.6) is 0 Å². The van der Waals surface area contributed by atoms with Gasteiger partial charge in [0.25, 0.3) is 0 Å². The molecule has 0 saturated heterocycles. The van der Waals surface area contributed by atoms with Gasteiger partial charge in [-0.2, -0.15) is 0 Å². The zero-order chi connectivity index (χ0) is 9.40. The lowest BCUT2D eigenvalue weighted by Crippen LogP contribution is -2.43. The second-order valence-electron chi connectivity index (χ2n) is 3.02. The molecule has 0 aromatic heterocycles. The maximum Gasteiger partial charge on any atom is 0.0446 e. The number of aliphatic hydroxyl groups excluding tert-OH is 1. The van der Waals surface area contributed by atoms with E-state index in [0.29, 0.717) is 13.0 Å². The average Bonchev–Trinajstić information content (AvgIpc) is 2.11. The predicted octanol–water partition coefficient (Wildman–Crippen LogP) is -0.977. The fourth-order valence-electron chi connectivity index (χ4n) is 0.921. The van der Waals surface area contributed by atoms with Crippen molar-refractivity contribution in [1.29, 1.82) is 0 Å². The third-order valence-corrected chi connectivity index (χ3v) is 1.96. The van der Waals surface area contributed by atoms with E-state index in [4.69, 9.17) is 16.6 Å². The fourth-order valence-corrected chi connectivity index (χ4v) is 0.921. The lowest BCUT2D eigenvalue weighted by molar-refractivity contribution is 0.264. The molecule has 2 atom stereocenters. The summed E-state index contributed by atoms with van der Waals surface area (Å²) in [5, 5.41) is 11.9. The van der Waals surface area contributed by atoms with Crippen molar-refractivity contribution in [2.45, 2.75) is 31.8 Å². The summed E-state index contributed by atoms with van der Waals surface area (Å²) in [6.45, 7) is 3.56. The summed E-state index contributed by atoms with van der Waals surface area (Å²) in [5.74, 6) is 0. The monoisotopic (exact) mass is 175 g/mol. The summed E-state index contributed by atoms with van der Waals surface area (Å²) in [6.07, 6.45) is 1.66. The summed E-state index contributed by atoms with van der Waals surface area (Å²) in [5.41, 5.74) is 11.2. The Hall–Kier alpha value is -0.160. The van der Waals surface area contributed by atoms with Gasteiger partial charge in [0.05, 0.1) is 0 Å². The highest BCUT2D eigenvalue weighted by atomic mass is 16.3. The SMILES string of the molecule is CCC(N)CNC(CN)CCO. The highest BCUT2D eigenvalue weighted by molar-refractivity contribution is 4.70. The molecule has 0 saturated carbocycles. The molecular formula is C8H21N3O. The number of aliphatic hydroxyl groups is 1. The third kappa shape index (κ3) is 5.49. The zero-order valence-corrected chi connectivity index (χ0v) is 7.79. The van der Waals surface area contributed by atoms with Gasteiger partial charge in [0.15, 0.2) is 0 Å². The van der Waals surface area contributed by atoms with E-state index in [1.54, 1.807) is 0 Å². The van der Waals surface area contributed by atoms with Crippen molar-refractivity contribution >= 4 is 0 Å². The summed E-state index contributed by atoms with van der Waals surface area (Å²) < 4.78 is 0. The maximum absolute atomic E-state index is 8.66. The van der Waals surface area contributed by atoms with E-state index in [-0.39, 0.29) is 18.7 Å². The Labute approximate surface area is 74.3 Å². The number of hydrogen-bond donors (Lipinski definition) is 4. The van der Waals surface area contributed by atoms with E-state index in [1.165, 1.54) is 0 Å². The van der Waals surface area contributed by atoms with Crippen LogP contribution in [0.1, 0.15) is 19.8 Å². The molecule has 0 aromatic rings. The number of rotatable bonds is 7.